The minimum absolute atomic E-state index is 0.286. The van der Waals surface area contributed by atoms with Crippen LogP contribution in [-0.4, -0.2) is 66.7 Å². The van der Waals surface area contributed by atoms with Crippen molar-refractivity contribution in [2.45, 2.75) is 49.7 Å². The van der Waals surface area contributed by atoms with Crippen molar-refractivity contribution in [3.05, 3.63) is 47.8 Å². The highest BCUT2D eigenvalue weighted by molar-refractivity contribution is 8.14. The average molecular weight is 389 g/mol. The van der Waals surface area contributed by atoms with Crippen molar-refractivity contribution in [1.29, 1.82) is 0 Å². The second kappa shape index (κ2) is 7.97. The SMILES string of the molecule is CCN=C1N[C@@H]2C(O)[C@H](O)[C@@H](Cn3cc(Cc4ccccc4)nn3)O[C@@H]2S1. The Bertz CT molecular complexity index is 799. The zero-order valence-corrected chi connectivity index (χ0v) is 15.8. The van der Waals surface area contributed by atoms with Crippen molar-refractivity contribution in [1.82, 2.24) is 20.3 Å². The highest BCUT2D eigenvalue weighted by Crippen LogP contribution is 2.34. The van der Waals surface area contributed by atoms with E-state index in [-0.39, 0.29) is 11.5 Å². The average Bonchev–Trinajstić information content (AvgIpc) is 3.27. The number of hydrogen-bond acceptors (Lipinski definition) is 7. The Morgan fingerprint density at radius 3 is 2.85 bits per heavy atom. The van der Waals surface area contributed by atoms with Gasteiger partial charge >= 0.3 is 0 Å². The molecule has 3 heterocycles. The number of nitrogens with zero attached hydrogens (tertiary/aromatic N) is 4. The molecule has 2 fully saturated rings. The number of nitrogens with one attached hydrogen (secondary N) is 1. The third kappa shape index (κ3) is 4.01. The van der Waals surface area contributed by atoms with Crippen LogP contribution >= 0.6 is 11.8 Å². The van der Waals surface area contributed by atoms with Crippen LogP contribution in [0.2, 0.25) is 0 Å². The van der Waals surface area contributed by atoms with Gasteiger partial charge in [-0.05, 0) is 12.5 Å². The molecule has 0 aliphatic carbocycles. The molecule has 144 valence electrons. The highest BCUT2D eigenvalue weighted by atomic mass is 32.2. The monoisotopic (exact) mass is 389 g/mol. The maximum Gasteiger partial charge on any atom is 0.159 e. The maximum atomic E-state index is 10.5. The lowest BCUT2D eigenvalue weighted by Crippen LogP contribution is -2.59. The second-order valence-corrected chi connectivity index (χ2v) is 7.77. The van der Waals surface area contributed by atoms with Crippen molar-refractivity contribution in [2.24, 2.45) is 4.99 Å². The quantitative estimate of drug-likeness (QED) is 0.680. The van der Waals surface area contributed by atoms with Gasteiger partial charge < -0.3 is 20.3 Å². The topological polar surface area (TPSA) is 105 Å². The summed E-state index contributed by atoms with van der Waals surface area (Å²) in [6.45, 7) is 2.92. The van der Waals surface area contributed by atoms with Gasteiger partial charge in [-0.1, -0.05) is 47.3 Å². The van der Waals surface area contributed by atoms with Crippen LogP contribution in [-0.2, 0) is 17.7 Å². The van der Waals surface area contributed by atoms with Crippen LogP contribution in [0.15, 0.2) is 41.5 Å². The number of thioether (sulfide) groups is 1. The first-order chi connectivity index (χ1) is 13.1. The molecule has 27 heavy (non-hydrogen) atoms. The molecular weight excluding hydrogens is 366 g/mol. The Balaban J connectivity index is 1.41. The number of fused-ring (bicyclic) bond motifs is 1. The fourth-order valence-corrected chi connectivity index (χ4v) is 4.55. The van der Waals surface area contributed by atoms with Crippen molar-refractivity contribution in [2.75, 3.05) is 6.54 Å². The van der Waals surface area contributed by atoms with Gasteiger partial charge in [0.15, 0.2) is 5.17 Å². The van der Waals surface area contributed by atoms with E-state index in [2.05, 4.69) is 20.6 Å². The summed E-state index contributed by atoms with van der Waals surface area (Å²) in [7, 11) is 0. The Labute approximate surface area is 161 Å². The number of aliphatic hydroxyl groups is 2. The zero-order chi connectivity index (χ0) is 18.8. The minimum Gasteiger partial charge on any atom is -0.388 e. The summed E-state index contributed by atoms with van der Waals surface area (Å²) < 4.78 is 7.68. The third-order valence-electron chi connectivity index (χ3n) is 4.70. The number of rotatable bonds is 5. The number of aromatic nitrogens is 3. The molecule has 2 aromatic rings. The van der Waals surface area contributed by atoms with E-state index in [1.54, 1.807) is 4.68 Å². The number of aliphatic imine (C=N–C) groups is 1. The van der Waals surface area contributed by atoms with Gasteiger partial charge in [0.05, 0.1) is 18.3 Å². The van der Waals surface area contributed by atoms with Gasteiger partial charge in [-0.3, -0.25) is 4.99 Å². The lowest BCUT2D eigenvalue weighted by atomic mass is 9.98. The molecule has 1 unspecified atom stereocenters. The van der Waals surface area contributed by atoms with Crippen LogP contribution in [0.1, 0.15) is 18.2 Å². The van der Waals surface area contributed by atoms with Gasteiger partial charge in [0.1, 0.15) is 23.7 Å². The summed E-state index contributed by atoms with van der Waals surface area (Å²) in [6.07, 6.45) is 0.0350. The van der Waals surface area contributed by atoms with Gasteiger partial charge in [0, 0.05) is 19.2 Å². The van der Waals surface area contributed by atoms with E-state index < -0.39 is 18.3 Å². The van der Waals surface area contributed by atoms with E-state index in [0.29, 0.717) is 19.5 Å². The maximum absolute atomic E-state index is 10.5. The third-order valence-corrected chi connectivity index (χ3v) is 5.81. The molecule has 0 spiro atoms. The van der Waals surface area contributed by atoms with Crippen LogP contribution in [0.5, 0.6) is 0 Å². The first-order valence-corrected chi connectivity index (χ1v) is 9.94. The molecule has 3 N–H and O–H groups in total. The molecule has 9 heteroatoms. The normalized spacial score (nSPS) is 31.7. The van der Waals surface area contributed by atoms with E-state index in [9.17, 15) is 10.2 Å². The van der Waals surface area contributed by atoms with E-state index in [1.165, 1.54) is 11.8 Å². The standard InChI is InChI=1S/C18H23N5O3S/c1-2-19-18-20-14-16(25)15(24)13(26-17(14)27-18)10-23-9-12(21-22-23)8-11-6-4-3-5-7-11/h3-7,9,13-17,24-25H,2,8,10H2,1H3,(H,19,20)/t13-,14-,15-,16?,17-/m1/s1. The number of aliphatic hydroxyl groups excluding tert-OH is 2. The summed E-state index contributed by atoms with van der Waals surface area (Å²) in [6, 6.07) is 9.69. The molecule has 8 nitrogen and oxygen atoms in total. The fourth-order valence-electron chi connectivity index (χ4n) is 3.35. The van der Waals surface area contributed by atoms with Gasteiger partial charge in [-0.2, -0.15) is 0 Å². The predicted molar refractivity (Wildman–Crippen MR) is 102 cm³/mol. The van der Waals surface area contributed by atoms with E-state index in [4.69, 9.17) is 4.74 Å². The summed E-state index contributed by atoms with van der Waals surface area (Å²) >= 11 is 1.45. The van der Waals surface area contributed by atoms with Gasteiger partial charge in [-0.15, -0.1) is 5.10 Å². The Kier molecular flexibility index (Phi) is 5.44. The largest absolute Gasteiger partial charge is 0.388 e. The van der Waals surface area contributed by atoms with Crippen molar-refractivity contribution in [3.8, 4) is 0 Å². The fraction of sp³-hybridized carbons (Fsp3) is 0.500. The van der Waals surface area contributed by atoms with Crippen LogP contribution in [0.4, 0.5) is 0 Å². The van der Waals surface area contributed by atoms with Gasteiger partial charge in [0.2, 0.25) is 0 Å². The lowest BCUT2D eigenvalue weighted by molar-refractivity contribution is -0.160. The van der Waals surface area contributed by atoms with Crippen LogP contribution in [0.25, 0.3) is 0 Å². The summed E-state index contributed by atoms with van der Waals surface area (Å²) in [5.41, 5.74) is 1.72. The molecular formula is C18H23N5O3S. The Morgan fingerprint density at radius 2 is 2.07 bits per heavy atom. The molecule has 0 amide bonds. The lowest BCUT2D eigenvalue weighted by Gasteiger charge is -2.38. The molecule has 1 aromatic heterocycles. The van der Waals surface area contributed by atoms with E-state index in [1.807, 2.05) is 43.5 Å². The Morgan fingerprint density at radius 1 is 1.26 bits per heavy atom. The molecule has 1 aromatic carbocycles. The molecule has 2 aliphatic rings. The van der Waals surface area contributed by atoms with Crippen LogP contribution in [0, 0.1) is 0 Å². The predicted octanol–water partition coefficient (Wildman–Crippen LogP) is 0.396. The van der Waals surface area contributed by atoms with Crippen molar-refractivity contribution in [3.63, 3.8) is 0 Å². The first kappa shape index (κ1) is 18.4. The molecule has 5 atom stereocenters. The van der Waals surface area contributed by atoms with Crippen molar-refractivity contribution >= 4 is 16.9 Å². The number of amidine groups is 1. The number of ether oxygens (including phenoxy) is 1. The van der Waals surface area contributed by atoms with Gasteiger partial charge in [-0.25, -0.2) is 4.68 Å². The summed E-state index contributed by atoms with van der Waals surface area (Å²) in [4.78, 5) is 4.33. The van der Waals surface area contributed by atoms with E-state index in [0.717, 1.165) is 16.4 Å². The van der Waals surface area contributed by atoms with Crippen LogP contribution < -0.4 is 5.32 Å². The molecule has 4 rings (SSSR count). The summed E-state index contributed by atoms with van der Waals surface area (Å²) in [5, 5.41) is 33.2. The molecule has 2 saturated heterocycles. The Hall–Kier alpha value is -1.94. The summed E-state index contributed by atoms with van der Waals surface area (Å²) in [5.74, 6) is 0. The van der Waals surface area contributed by atoms with E-state index >= 15 is 0 Å². The van der Waals surface area contributed by atoms with Crippen molar-refractivity contribution < 1.29 is 14.9 Å². The molecule has 0 radical (unpaired) electrons. The number of benzene rings is 1. The number of hydrogen-bond donors (Lipinski definition) is 3. The van der Waals surface area contributed by atoms with Crippen LogP contribution in [0.3, 0.4) is 0 Å². The molecule has 0 bridgehead atoms. The minimum atomic E-state index is -1.01. The highest BCUT2D eigenvalue weighted by Gasteiger charge is 2.49. The molecule has 0 saturated carbocycles. The molecule has 2 aliphatic heterocycles. The zero-order valence-electron chi connectivity index (χ0n) is 15.0. The first-order valence-electron chi connectivity index (χ1n) is 9.06. The second-order valence-electron chi connectivity index (χ2n) is 6.69. The smallest absolute Gasteiger partial charge is 0.159 e. The van der Waals surface area contributed by atoms with Gasteiger partial charge in [0.25, 0.3) is 0 Å².